The standard InChI is InChI=1S/C13H23NO2/c1-6-7-8-9-10(2)13(16)12(11(3)15)14(4)5/h6-10,12-13,16H,1-5H3/t10-,12-,13-/m1/s1. The summed E-state index contributed by atoms with van der Waals surface area (Å²) in [6, 6.07) is -0.440. The monoisotopic (exact) mass is 225 g/mol. The van der Waals surface area contributed by atoms with E-state index in [1.807, 2.05) is 38.2 Å². The molecule has 0 saturated heterocycles. The second kappa shape index (κ2) is 7.36. The maximum Gasteiger partial charge on any atom is 0.149 e. The Morgan fingerprint density at radius 2 is 1.88 bits per heavy atom. The summed E-state index contributed by atoms with van der Waals surface area (Å²) in [6.07, 6.45) is 6.95. The predicted molar refractivity (Wildman–Crippen MR) is 67.3 cm³/mol. The van der Waals surface area contributed by atoms with Crippen LogP contribution in [-0.4, -0.2) is 42.0 Å². The SMILES string of the molecule is CC=CC=C[C@@H](C)[C@@H](O)[C@@H](C(C)=O)N(C)C. The lowest BCUT2D eigenvalue weighted by Crippen LogP contribution is -2.46. The van der Waals surface area contributed by atoms with Crippen LogP contribution >= 0.6 is 0 Å². The number of aliphatic hydroxyl groups excluding tert-OH is 1. The highest BCUT2D eigenvalue weighted by atomic mass is 16.3. The number of carbonyl (C=O) groups excluding carboxylic acids is 1. The Hall–Kier alpha value is -0.930. The summed E-state index contributed by atoms with van der Waals surface area (Å²) in [6.45, 7) is 5.35. The molecule has 0 aromatic carbocycles. The van der Waals surface area contributed by atoms with E-state index in [4.69, 9.17) is 0 Å². The van der Waals surface area contributed by atoms with Gasteiger partial charge in [-0.15, -0.1) is 0 Å². The number of aliphatic hydroxyl groups is 1. The zero-order valence-electron chi connectivity index (χ0n) is 10.8. The van der Waals surface area contributed by atoms with Crippen LogP contribution in [0.2, 0.25) is 0 Å². The highest BCUT2D eigenvalue weighted by Crippen LogP contribution is 2.13. The Bertz CT molecular complexity index is 269. The maximum atomic E-state index is 11.4. The summed E-state index contributed by atoms with van der Waals surface area (Å²) in [5.74, 6) is -0.0590. The highest BCUT2D eigenvalue weighted by molar-refractivity contribution is 5.82. The Kier molecular flexibility index (Phi) is 6.93. The molecule has 3 nitrogen and oxygen atoms in total. The largest absolute Gasteiger partial charge is 0.390 e. The van der Waals surface area contributed by atoms with Crippen molar-refractivity contribution in [2.24, 2.45) is 5.92 Å². The average molecular weight is 225 g/mol. The van der Waals surface area contributed by atoms with Crippen molar-refractivity contribution in [1.82, 2.24) is 4.90 Å². The molecule has 0 radical (unpaired) electrons. The molecule has 0 aromatic rings. The first-order valence-corrected chi connectivity index (χ1v) is 5.56. The third-order valence-electron chi connectivity index (χ3n) is 2.55. The molecule has 0 unspecified atom stereocenters. The molecule has 0 aliphatic heterocycles. The maximum absolute atomic E-state index is 11.4. The van der Waals surface area contributed by atoms with Crippen molar-refractivity contribution >= 4 is 5.78 Å². The van der Waals surface area contributed by atoms with Gasteiger partial charge in [0, 0.05) is 5.92 Å². The van der Waals surface area contributed by atoms with Gasteiger partial charge in [0.25, 0.3) is 0 Å². The van der Waals surface area contributed by atoms with Gasteiger partial charge >= 0.3 is 0 Å². The van der Waals surface area contributed by atoms with Crippen molar-refractivity contribution < 1.29 is 9.90 Å². The van der Waals surface area contributed by atoms with E-state index in [1.54, 1.807) is 19.0 Å². The predicted octanol–water partition coefficient (Wildman–Crippen LogP) is 1.63. The normalized spacial score (nSPS) is 18.2. The molecule has 0 fully saturated rings. The minimum Gasteiger partial charge on any atom is -0.390 e. The van der Waals surface area contributed by atoms with Crippen LogP contribution in [0.25, 0.3) is 0 Å². The molecule has 1 N–H and O–H groups in total. The van der Waals surface area contributed by atoms with Gasteiger partial charge in [-0.2, -0.15) is 0 Å². The number of rotatable bonds is 6. The molecule has 3 atom stereocenters. The molecular weight excluding hydrogens is 202 g/mol. The number of ketones is 1. The van der Waals surface area contributed by atoms with E-state index >= 15 is 0 Å². The van der Waals surface area contributed by atoms with Crippen LogP contribution in [0.5, 0.6) is 0 Å². The molecule has 0 heterocycles. The number of hydrogen-bond acceptors (Lipinski definition) is 3. The van der Waals surface area contributed by atoms with Gasteiger partial charge in [0.1, 0.15) is 5.78 Å². The van der Waals surface area contributed by atoms with E-state index in [9.17, 15) is 9.90 Å². The third kappa shape index (κ3) is 4.73. The topological polar surface area (TPSA) is 40.5 Å². The van der Waals surface area contributed by atoms with E-state index in [0.29, 0.717) is 0 Å². The fourth-order valence-corrected chi connectivity index (χ4v) is 1.66. The average Bonchev–Trinajstić information content (AvgIpc) is 2.16. The van der Waals surface area contributed by atoms with Crippen LogP contribution < -0.4 is 0 Å². The highest BCUT2D eigenvalue weighted by Gasteiger charge is 2.28. The second-order valence-corrected chi connectivity index (χ2v) is 4.28. The van der Waals surface area contributed by atoms with Gasteiger partial charge < -0.3 is 5.11 Å². The van der Waals surface area contributed by atoms with Crippen molar-refractivity contribution in [3.05, 3.63) is 24.3 Å². The van der Waals surface area contributed by atoms with Crippen molar-refractivity contribution in [3.8, 4) is 0 Å². The lowest BCUT2D eigenvalue weighted by molar-refractivity contribution is -0.125. The van der Waals surface area contributed by atoms with Gasteiger partial charge in [0.2, 0.25) is 0 Å². The Morgan fingerprint density at radius 1 is 1.31 bits per heavy atom. The molecule has 0 aromatic heterocycles. The van der Waals surface area contributed by atoms with Crippen LogP contribution in [0.4, 0.5) is 0 Å². The summed E-state index contributed by atoms with van der Waals surface area (Å²) in [5, 5.41) is 10.1. The molecule has 3 heteroatoms. The van der Waals surface area contributed by atoms with Crippen LogP contribution in [-0.2, 0) is 4.79 Å². The van der Waals surface area contributed by atoms with Crippen LogP contribution in [0.15, 0.2) is 24.3 Å². The minimum absolute atomic E-state index is 0.0104. The minimum atomic E-state index is -0.672. The Balaban J connectivity index is 4.61. The van der Waals surface area contributed by atoms with Gasteiger partial charge in [-0.1, -0.05) is 31.2 Å². The first kappa shape index (κ1) is 15.1. The molecule has 16 heavy (non-hydrogen) atoms. The molecule has 0 spiro atoms. The number of allylic oxidation sites excluding steroid dienone is 3. The van der Waals surface area contributed by atoms with Crippen molar-refractivity contribution in [1.29, 1.82) is 0 Å². The first-order valence-electron chi connectivity index (χ1n) is 5.56. The van der Waals surface area contributed by atoms with Crippen molar-refractivity contribution in [2.75, 3.05) is 14.1 Å². The number of carbonyl (C=O) groups is 1. The first-order chi connectivity index (χ1) is 7.41. The number of likely N-dealkylation sites (N-methyl/N-ethyl adjacent to an activating group) is 1. The quantitative estimate of drug-likeness (QED) is 0.699. The molecule has 0 rings (SSSR count). The molecule has 0 amide bonds. The number of nitrogens with zero attached hydrogens (tertiary/aromatic N) is 1. The van der Waals surface area contributed by atoms with Crippen LogP contribution in [0.1, 0.15) is 20.8 Å². The Labute approximate surface area is 98.5 Å². The summed E-state index contributed by atoms with van der Waals surface area (Å²) < 4.78 is 0. The molecule has 0 bridgehead atoms. The van der Waals surface area contributed by atoms with Gasteiger partial charge in [-0.3, -0.25) is 9.69 Å². The molecule has 0 saturated carbocycles. The summed E-state index contributed by atoms with van der Waals surface area (Å²) in [7, 11) is 3.61. The smallest absolute Gasteiger partial charge is 0.149 e. The lowest BCUT2D eigenvalue weighted by atomic mass is 9.94. The Morgan fingerprint density at radius 3 is 2.25 bits per heavy atom. The van der Waals surface area contributed by atoms with Crippen LogP contribution in [0.3, 0.4) is 0 Å². The van der Waals surface area contributed by atoms with E-state index in [2.05, 4.69) is 0 Å². The molecule has 0 aliphatic rings. The fourth-order valence-electron chi connectivity index (χ4n) is 1.66. The van der Waals surface area contributed by atoms with E-state index in [0.717, 1.165) is 0 Å². The molecule has 92 valence electrons. The zero-order chi connectivity index (χ0) is 12.7. The van der Waals surface area contributed by atoms with Crippen molar-refractivity contribution in [2.45, 2.75) is 32.9 Å². The van der Waals surface area contributed by atoms with Gasteiger partial charge in [-0.05, 0) is 27.9 Å². The van der Waals surface area contributed by atoms with Crippen LogP contribution in [0, 0.1) is 5.92 Å². The lowest BCUT2D eigenvalue weighted by Gasteiger charge is -2.29. The molecular formula is C13H23NO2. The summed E-state index contributed by atoms with van der Waals surface area (Å²) >= 11 is 0. The summed E-state index contributed by atoms with van der Waals surface area (Å²) in [5.41, 5.74) is 0. The second-order valence-electron chi connectivity index (χ2n) is 4.28. The zero-order valence-corrected chi connectivity index (χ0v) is 10.8. The number of hydrogen-bond donors (Lipinski definition) is 1. The van der Waals surface area contributed by atoms with E-state index in [-0.39, 0.29) is 11.7 Å². The third-order valence-corrected chi connectivity index (χ3v) is 2.55. The van der Waals surface area contributed by atoms with Gasteiger partial charge in [0.15, 0.2) is 0 Å². The molecule has 0 aliphatic carbocycles. The van der Waals surface area contributed by atoms with E-state index < -0.39 is 12.1 Å². The summed E-state index contributed by atoms with van der Waals surface area (Å²) in [4.78, 5) is 13.2. The number of Topliss-reactive ketones (excluding diaryl/α,β-unsaturated/α-hetero) is 1. The van der Waals surface area contributed by atoms with Gasteiger partial charge in [-0.25, -0.2) is 0 Å². The van der Waals surface area contributed by atoms with Crippen molar-refractivity contribution in [3.63, 3.8) is 0 Å². The van der Waals surface area contributed by atoms with E-state index in [1.165, 1.54) is 6.92 Å². The fraction of sp³-hybridized carbons (Fsp3) is 0.615. The van der Waals surface area contributed by atoms with Gasteiger partial charge in [0.05, 0.1) is 12.1 Å².